The number of hydrogen-bond acceptors (Lipinski definition) is 3. The Morgan fingerprint density at radius 2 is 2.23 bits per heavy atom. The van der Waals surface area contributed by atoms with E-state index in [0.717, 1.165) is 5.69 Å². The minimum absolute atomic E-state index is 0.827. The first-order valence-corrected chi connectivity index (χ1v) is 6.57. The van der Waals surface area contributed by atoms with Crippen LogP contribution in [0, 0.1) is 0 Å². The molecule has 2 aromatic rings. The molecule has 0 aliphatic carbocycles. The summed E-state index contributed by atoms with van der Waals surface area (Å²) in [6.07, 6.45) is 2.08. The van der Waals surface area contributed by atoms with Crippen LogP contribution in [0.2, 0.25) is 0 Å². The van der Waals surface area contributed by atoms with Crippen LogP contribution in [0.15, 0.2) is 26.9 Å². The molecule has 0 saturated carbocycles. The largest absolute Gasteiger partial charge is 0.399 e. The van der Waals surface area contributed by atoms with Gasteiger partial charge >= 0.3 is 0 Å². The third-order valence-corrected chi connectivity index (χ3v) is 4.90. The van der Waals surface area contributed by atoms with E-state index in [1.807, 2.05) is 12.1 Å². The fraction of sp³-hybridized carbons (Fsp3) is 0.111. The summed E-state index contributed by atoms with van der Waals surface area (Å²) in [5.74, 6) is 0. The summed E-state index contributed by atoms with van der Waals surface area (Å²) in [4.78, 5) is 1.28. The van der Waals surface area contributed by atoms with E-state index in [2.05, 4.69) is 28.3 Å². The Hall–Kier alpha value is -0.190. The van der Waals surface area contributed by atoms with Crippen molar-refractivity contribution in [3.63, 3.8) is 0 Å². The van der Waals surface area contributed by atoms with E-state index in [4.69, 9.17) is 5.73 Å². The van der Waals surface area contributed by atoms with Crippen molar-refractivity contribution >= 4 is 54.8 Å². The van der Waals surface area contributed by atoms with E-state index in [-0.39, 0.29) is 0 Å². The average molecular weight is 274 g/mol. The zero-order valence-corrected chi connectivity index (χ0v) is 10.2. The van der Waals surface area contributed by atoms with E-state index >= 15 is 0 Å². The number of nitrogens with two attached hydrogens (primary N) is 1. The van der Waals surface area contributed by atoms with Gasteiger partial charge in [-0.05, 0) is 40.4 Å². The molecule has 2 N–H and O–H groups in total. The number of hydrogen-bond donors (Lipinski definition) is 1. The zero-order chi connectivity index (χ0) is 9.42. The highest BCUT2D eigenvalue weighted by Gasteiger charge is 2.08. The summed E-state index contributed by atoms with van der Waals surface area (Å²) >= 11 is 7.05. The Morgan fingerprint density at radius 1 is 1.46 bits per heavy atom. The summed E-state index contributed by atoms with van der Waals surface area (Å²) < 4.78 is 2.48. The van der Waals surface area contributed by atoms with Crippen molar-refractivity contribution in [1.29, 1.82) is 0 Å². The lowest BCUT2D eigenvalue weighted by Crippen LogP contribution is -1.81. The minimum Gasteiger partial charge on any atom is -0.399 e. The second-order valence-corrected chi connectivity index (χ2v) is 5.85. The lowest BCUT2D eigenvalue weighted by molar-refractivity contribution is 1.61. The van der Waals surface area contributed by atoms with Gasteiger partial charge in [0.15, 0.2) is 0 Å². The van der Waals surface area contributed by atoms with Gasteiger partial charge in [-0.3, -0.25) is 0 Å². The van der Waals surface area contributed by atoms with Gasteiger partial charge in [0.05, 0.1) is 3.79 Å². The molecular weight excluding hydrogens is 266 g/mol. The molecule has 0 unspecified atom stereocenters. The molecule has 13 heavy (non-hydrogen) atoms. The van der Waals surface area contributed by atoms with Gasteiger partial charge in [-0.15, -0.1) is 23.1 Å². The summed E-state index contributed by atoms with van der Waals surface area (Å²) in [6.45, 7) is 0. The maximum Gasteiger partial charge on any atom is 0.0846 e. The van der Waals surface area contributed by atoms with Gasteiger partial charge in [-0.1, -0.05) is 0 Å². The van der Waals surface area contributed by atoms with Crippen LogP contribution in [0.25, 0.3) is 10.1 Å². The third kappa shape index (κ3) is 1.58. The number of fused-ring (bicyclic) bond motifs is 1. The van der Waals surface area contributed by atoms with Gasteiger partial charge in [-0.2, -0.15) is 0 Å². The lowest BCUT2D eigenvalue weighted by Gasteiger charge is -1.95. The average Bonchev–Trinajstić information content (AvgIpc) is 2.40. The zero-order valence-electron chi connectivity index (χ0n) is 7.00. The first kappa shape index (κ1) is 9.37. The van der Waals surface area contributed by atoms with Crippen LogP contribution in [0.5, 0.6) is 0 Å². The molecule has 2 rings (SSSR count). The Labute approximate surface area is 93.4 Å². The number of benzene rings is 1. The molecule has 0 spiro atoms. The van der Waals surface area contributed by atoms with Crippen LogP contribution in [-0.4, -0.2) is 6.26 Å². The number of thiophene rings is 1. The monoisotopic (exact) mass is 273 g/mol. The molecule has 1 heterocycles. The molecule has 0 fully saturated rings. The molecule has 1 aromatic heterocycles. The summed E-state index contributed by atoms with van der Waals surface area (Å²) in [7, 11) is 0. The predicted molar refractivity (Wildman–Crippen MR) is 65.7 cm³/mol. The van der Waals surface area contributed by atoms with Crippen molar-refractivity contribution in [1.82, 2.24) is 0 Å². The van der Waals surface area contributed by atoms with Gasteiger partial charge in [0, 0.05) is 20.7 Å². The second-order valence-electron chi connectivity index (χ2n) is 2.66. The van der Waals surface area contributed by atoms with E-state index in [0.29, 0.717) is 0 Å². The fourth-order valence-corrected chi connectivity index (χ4v) is 4.27. The number of rotatable bonds is 1. The highest BCUT2D eigenvalue weighted by Crippen LogP contribution is 2.41. The Bertz CT molecular complexity index is 450. The van der Waals surface area contributed by atoms with Crippen molar-refractivity contribution < 1.29 is 0 Å². The maximum atomic E-state index is 5.74. The Balaban J connectivity index is 2.80. The first-order valence-electron chi connectivity index (χ1n) is 3.74. The van der Waals surface area contributed by atoms with Crippen molar-refractivity contribution in [3.05, 3.63) is 22.0 Å². The predicted octanol–water partition coefficient (Wildman–Crippen LogP) is 3.97. The topological polar surface area (TPSA) is 26.0 Å². The van der Waals surface area contributed by atoms with Crippen molar-refractivity contribution in [2.24, 2.45) is 0 Å². The van der Waals surface area contributed by atoms with E-state index in [1.54, 1.807) is 23.1 Å². The molecule has 0 amide bonds. The van der Waals surface area contributed by atoms with Crippen LogP contribution in [0.1, 0.15) is 0 Å². The van der Waals surface area contributed by atoms with Crippen LogP contribution in [0.4, 0.5) is 5.69 Å². The van der Waals surface area contributed by atoms with Crippen molar-refractivity contribution in [3.8, 4) is 0 Å². The third-order valence-electron chi connectivity index (χ3n) is 1.83. The lowest BCUT2D eigenvalue weighted by atomic mass is 10.2. The van der Waals surface area contributed by atoms with Crippen LogP contribution in [-0.2, 0) is 0 Å². The summed E-state index contributed by atoms with van der Waals surface area (Å²) in [5.41, 5.74) is 6.56. The molecule has 0 aliphatic rings. The van der Waals surface area contributed by atoms with Crippen LogP contribution < -0.4 is 5.73 Å². The van der Waals surface area contributed by atoms with Crippen molar-refractivity contribution in [2.45, 2.75) is 4.90 Å². The van der Waals surface area contributed by atoms with Gasteiger partial charge < -0.3 is 5.73 Å². The quantitative estimate of drug-likeness (QED) is 0.629. The summed E-state index contributed by atoms with van der Waals surface area (Å²) in [5, 5.41) is 1.25. The molecule has 0 bridgehead atoms. The van der Waals surface area contributed by atoms with E-state index < -0.39 is 0 Å². The van der Waals surface area contributed by atoms with E-state index in [1.165, 1.54) is 18.8 Å². The molecule has 1 nitrogen and oxygen atoms in total. The number of anilines is 1. The van der Waals surface area contributed by atoms with Gasteiger partial charge in [-0.25, -0.2) is 0 Å². The Morgan fingerprint density at radius 3 is 2.92 bits per heavy atom. The van der Waals surface area contributed by atoms with Crippen LogP contribution in [0.3, 0.4) is 0 Å². The molecule has 0 atom stereocenters. The maximum absolute atomic E-state index is 5.74. The van der Waals surface area contributed by atoms with Crippen molar-refractivity contribution in [2.75, 3.05) is 12.0 Å². The molecular formula is C9H8BrNS2. The molecule has 68 valence electrons. The molecule has 0 saturated heterocycles. The standard InChI is InChI=1S/C9H8BrNS2/c1-12-8-6-4-5(11)2-3-7(6)13-9(8)10/h2-4H,11H2,1H3. The fourth-order valence-electron chi connectivity index (χ4n) is 1.25. The molecule has 1 aromatic carbocycles. The number of nitrogen functional groups attached to an aromatic ring is 1. The van der Waals surface area contributed by atoms with Gasteiger partial charge in [0.25, 0.3) is 0 Å². The molecule has 0 radical (unpaired) electrons. The normalized spacial score (nSPS) is 10.9. The minimum atomic E-state index is 0.827. The van der Waals surface area contributed by atoms with Gasteiger partial charge in [0.2, 0.25) is 0 Å². The van der Waals surface area contributed by atoms with Crippen LogP contribution >= 0.6 is 39.0 Å². The number of thioether (sulfide) groups is 1. The van der Waals surface area contributed by atoms with E-state index in [9.17, 15) is 0 Å². The first-order chi connectivity index (χ1) is 6.22. The smallest absolute Gasteiger partial charge is 0.0846 e. The summed E-state index contributed by atoms with van der Waals surface area (Å²) in [6, 6.07) is 6.04. The molecule has 0 aliphatic heterocycles. The number of halogens is 1. The Kier molecular flexibility index (Phi) is 2.53. The second kappa shape index (κ2) is 3.52. The van der Waals surface area contributed by atoms with Gasteiger partial charge in [0.1, 0.15) is 0 Å². The highest BCUT2D eigenvalue weighted by molar-refractivity contribution is 9.11. The highest BCUT2D eigenvalue weighted by atomic mass is 79.9. The molecule has 4 heteroatoms. The SMILES string of the molecule is CSc1c(Br)sc2ccc(N)cc12.